The van der Waals surface area contributed by atoms with Crippen LogP contribution in [0.3, 0.4) is 0 Å². The van der Waals surface area contributed by atoms with Crippen LogP contribution in [0.25, 0.3) is 0 Å². The molecule has 0 unspecified atom stereocenters. The van der Waals surface area contributed by atoms with Gasteiger partial charge in [0.05, 0.1) is 4.92 Å². The molecule has 0 bridgehead atoms. The van der Waals surface area contributed by atoms with Crippen molar-refractivity contribution in [1.29, 1.82) is 0 Å². The Balaban J connectivity index is 3.36. The Morgan fingerprint density at radius 1 is 1.35 bits per heavy atom. The molecule has 1 aromatic carbocycles. The molecule has 0 radical (unpaired) electrons. The lowest BCUT2D eigenvalue weighted by molar-refractivity contribution is -0.385. The van der Waals surface area contributed by atoms with E-state index in [1.807, 2.05) is 0 Å². The zero-order valence-electron chi connectivity index (χ0n) is 11.7. The molecule has 1 rings (SSSR count). The number of aryl methyl sites for hydroxylation is 1. The lowest BCUT2D eigenvalue weighted by Crippen LogP contribution is -2.51. The van der Waals surface area contributed by atoms with E-state index in [-0.39, 0.29) is 11.3 Å². The smallest absolute Gasteiger partial charge is 0.329 e. The van der Waals surface area contributed by atoms with E-state index < -0.39 is 22.3 Å². The van der Waals surface area contributed by atoms with E-state index >= 15 is 0 Å². The van der Waals surface area contributed by atoms with Crippen LogP contribution in [0.5, 0.6) is 0 Å². The van der Waals surface area contributed by atoms with Gasteiger partial charge in [0.2, 0.25) is 0 Å². The molecule has 20 heavy (non-hydrogen) atoms. The van der Waals surface area contributed by atoms with Crippen molar-refractivity contribution in [2.75, 3.05) is 7.05 Å². The third-order valence-electron chi connectivity index (χ3n) is 3.33. The fraction of sp³-hybridized carbons (Fsp3) is 0.385. The minimum atomic E-state index is -1.47. The number of carbonyl (C=O) groups excluding carboxylic acids is 1. The van der Waals surface area contributed by atoms with Gasteiger partial charge in [0.1, 0.15) is 11.1 Å². The summed E-state index contributed by atoms with van der Waals surface area (Å²) >= 11 is 0. The highest BCUT2D eigenvalue weighted by atomic mass is 16.6. The monoisotopic (exact) mass is 280 g/mol. The van der Waals surface area contributed by atoms with Gasteiger partial charge in [-0.05, 0) is 26.3 Å². The molecule has 1 aromatic rings. The van der Waals surface area contributed by atoms with E-state index in [4.69, 9.17) is 5.11 Å². The van der Waals surface area contributed by atoms with Gasteiger partial charge in [-0.3, -0.25) is 14.9 Å². The van der Waals surface area contributed by atoms with Gasteiger partial charge in [-0.15, -0.1) is 0 Å². The van der Waals surface area contributed by atoms with Crippen molar-refractivity contribution >= 4 is 17.6 Å². The first-order valence-electron chi connectivity index (χ1n) is 5.86. The van der Waals surface area contributed by atoms with Gasteiger partial charge in [0, 0.05) is 13.1 Å². The van der Waals surface area contributed by atoms with Crippen LogP contribution in [0.2, 0.25) is 0 Å². The SMILES string of the molecule is Cc1cccc([N+](=O)[O-])c1C(=O)N(C)C(C)(C)C(=O)O. The van der Waals surface area contributed by atoms with E-state index in [0.717, 1.165) is 4.90 Å². The van der Waals surface area contributed by atoms with Crippen LogP contribution in [0.4, 0.5) is 5.69 Å². The van der Waals surface area contributed by atoms with Crippen LogP contribution < -0.4 is 0 Å². The number of carboxylic acid groups (broad SMARTS) is 1. The van der Waals surface area contributed by atoms with Crippen molar-refractivity contribution in [3.05, 3.63) is 39.4 Å². The number of hydrogen-bond donors (Lipinski definition) is 1. The minimum absolute atomic E-state index is 0.0886. The van der Waals surface area contributed by atoms with Crippen molar-refractivity contribution in [2.24, 2.45) is 0 Å². The fourth-order valence-corrected chi connectivity index (χ4v) is 1.65. The molecule has 0 saturated heterocycles. The van der Waals surface area contributed by atoms with Crippen LogP contribution >= 0.6 is 0 Å². The van der Waals surface area contributed by atoms with Crippen LogP contribution in [-0.4, -0.2) is 39.4 Å². The molecule has 1 N–H and O–H groups in total. The number of nitro benzene ring substituents is 1. The van der Waals surface area contributed by atoms with Gasteiger partial charge in [-0.1, -0.05) is 12.1 Å². The van der Waals surface area contributed by atoms with Gasteiger partial charge in [0.15, 0.2) is 0 Å². The second kappa shape index (κ2) is 5.28. The van der Waals surface area contributed by atoms with E-state index in [1.165, 1.54) is 33.0 Å². The Morgan fingerprint density at radius 3 is 2.35 bits per heavy atom. The average Bonchev–Trinajstić information content (AvgIpc) is 2.36. The zero-order chi connectivity index (χ0) is 15.7. The second-order valence-corrected chi connectivity index (χ2v) is 4.95. The van der Waals surface area contributed by atoms with Crippen molar-refractivity contribution in [3.63, 3.8) is 0 Å². The summed E-state index contributed by atoms with van der Waals surface area (Å²) in [5.74, 6) is -1.88. The van der Waals surface area contributed by atoms with Crippen molar-refractivity contribution in [1.82, 2.24) is 4.90 Å². The third-order valence-corrected chi connectivity index (χ3v) is 3.33. The van der Waals surface area contributed by atoms with Gasteiger partial charge < -0.3 is 10.0 Å². The molecular weight excluding hydrogens is 264 g/mol. The van der Waals surface area contributed by atoms with E-state index in [2.05, 4.69) is 0 Å². The maximum Gasteiger partial charge on any atom is 0.329 e. The number of likely N-dealkylation sites (N-methyl/N-ethyl adjacent to an activating group) is 1. The topological polar surface area (TPSA) is 101 Å². The van der Waals surface area contributed by atoms with Crippen LogP contribution in [0, 0.1) is 17.0 Å². The van der Waals surface area contributed by atoms with Gasteiger partial charge in [-0.2, -0.15) is 0 Å². The number of carboxylic acids is 1. The third kappa shape index (κ3) is 2.61. The van der Waals surface area contributed by atoms with Crippen molar-refractivity contribution < 1.29 is 19.6 Å². The number of aliphatic carboxylic acids is 1. The first kappa shape index (κ1) is 15.6. The Bertz CT molecular complexity index is 580. The Labute approximate surface area is 116 Å². The lowest BCUT2D eigenvalue weighted by atomic mass is 10.00. The predicted molar refractivity (Wildman–Crippen MR) is 71.6 cm³/mol. The lowest BCUT2D eigenvalue weighted by Gasteiger charge is -2.31. The maximum absolute atomic E-state index is 12.4. The molecule has 0 aromatic heterocycles. The second-order valence-electron chi connectivity index (χ2n) is 4.95. The Hall–Kier alpha value is -2.44. The average molecular weight is 280 g/mol. The molecule has 0 aliphatic heterocycles. The molecule has 0 saturated carbocycles. The van der Waals surface area contributed by atoms with Gasteiger partial charge in [0.25, 0.3) is 11.6 Å². The van der Waals surface area contributed by atoms with Gasteiger partial charge in [-0.25, -0.2) is 4.79 Å². The first-order chi connectivity index (χ1) is 9.10. The predicted octanol–water partition coefficient (Wildman–Crippen LogP) is 1.84. The van der Waals surface area contributed by atoms with E-state index in [9.17, 15) is 19.7 Å². The largest absolute Gasteiger partial charge is 0.480 e. The highest BCUT2D eigenvalue weighted by molar-refractivity contribution is 6.01. The number of carbonyl (C=O) groups is 2. The number of amides is 1. The molecule has 0 heterocycles. The molecule has 0 fully saturated rings. The molecule has 108 valence electrons. The number of hydrogen-bond acceptors (Lipinski definition) is 4. The summed E-state index contributed by atoms with van der Waals surface area (Å²) < 4.78 is 0. The summed E-state index contributed by atoms with van der Waals surface area (Å²) in [5.41, 5.74) is -1.46. The van der Waals surface area contributed by atoms with Crippen LogP contribution in [0.15, 0.2) is 18.2 Å². The number of nitrogens with zero attached hydrogens (tertiary/aromatic N) is 2. The zero-order valence-corrected chi connectivity index (χ0v) is 11.7. The summed E-state index contributed by atoms with van der Waals surface area (Å²) in [4.78, 5) is 34.9. The highest BCUT2D eigenvalue weighted by Crippen LogP contribution is 2.26. The summed E-state index contributed by atoms with van der Waals surface area (Å²) in [6.07, 6.45) is 0. The molecule has 7 heteroatoms. The highest BCUT2D eigenvalue weighted by Gasteiger charge is 2.38. The van der Waals surface area contributed by atoms with Crippen molar-refractivity contribution in [2.45, 2.75) is 26.3 Å². The molecule has 1 amide bonds. The standard InChI is InChI=1S/C13H16N2O5/c1-8-6-5-7-9(15(19)20)10(8)11(16)14(4)13(2,3)12(17)18/h5-7H,1-4H3,(H,17,18). The number of benzene rings is 1. The fourth-order valence-electron chi connectivity index (χ4n) is 1.65. The summed E-state index contributed by atoms with van der Waals surface area (Å²) in [6.45, 7) is 4.29. The van der Waals surface area contributed by atoms with Gasteiger partial charge >= 0.3 is 5.97 Å². The van der Waals surface area contributed by atoms with Crippen LogP contribution in [0.1, 0.15) is 29.8 Å². The molecule has 0 aliphatic rings. The number of rotatable bonds is 4. The number of nitro groups is 1. The first-order valence-corrected chi connectivity index (χ1v) is 5.86. The Kier molecular flexibility index (Phi) is 4.12. The summed E-state index contributed by atoms with van der Waals surface area (Å²) in [5, 5.41) is 20.1. The normalized spacial score (nSPS) is 11.0. The molecular formula is C13H16N2O5. The quantitative estimate of drug-likeness (QED) is 0.669. The van der Waals surface area contributed by atoms with E-state index in [0.29, 0.717) is 5.56 Å². The van der Waals surface area contributed by atoms with E-state index in [1.54, 1.807) is 13.0 Å². The molecule has 0 atom stereocenters. The summed E-state index contributed by atoms with van der Waals surface area (Å²) in [7, 11) is 1.31. The summed E-state index contributed by atoms with van der Waals surface area (Å²) in [6, 6.07) is 4.27. The van der Waals surface area contributed by atoms with Crippen molar-refractivity contribution in [3.8, 4) is 0 Å². The molecule has 0 spiro atoms. The Morgan fingerprint density at radius 2 is 1.90 bits per heavy atom. The molecule has 7 nitrogen and oxygen atoms in total. The molecule has 0 aliphatic carbocycles. The minimum Gasteiger partial charge on any atom is -0.480 e. The van der Waals surface area contributed by atoms with Crippen LogP contribution in [-0.2, 0) is 4.79 Å². The maximum atomic E-state index is 12.4.